The van der Waals surface area contributed by atoms with Crippen molar-refractivity contribution in [3.63, 3.8) is 0 Å². The number of amides is 2. The Morgan fingerprint density at radius 2 is 1.57 bits per heavy atom. The molecule has 0 aromatic heterocycles. The summed E-state index contributed by atoms with van der Waals surface area (Å²) in [6.07, 6.45) is 2.44. The van der Waals surface area contributed by atoms with Crippen LogP contribution in [0.2, 0.25) is 0 Å². The smallest absolute Gasteiger partial charge is 0.278 e. The number of benzene rings is 2. The number of likely N-dealkylation sites (N-methyl/N-ethyl adjacent to an activating group) is 1. The number of hydrogen-bond acceptors (Lipinski definition) is 4. The van der Waals surface area contributed by atoms with Gasteiger partial charge in [-0.15, -0.1) is 0 Å². The van der Waals surface area contributed by atoms with Crippen LogP contribution < -0.4 is 10.2 Å². The van der Waals surface area contributed by atoms with E-state index in [1.54, 1.807) is 0 Å². The normalized spacial score (nSPS) is 17.8. The van der Waals surface area contributed by atoms with Gasteiger partial charge < -0.3 is 10.2 Å². The minimum Gasteiger partial charge on any atom is -0.372 e. The van der Waals surface area contributed by atoms with Crippen LogP contribution in [0.25, 0.3) is 5.57 Å². The average Bonchev–Trinajstić information content (AvgIpc) is 2.99. The van der Waals surface area contributed by atoms with Gasteiger partial charge in [0.25, 0.3) is 11.8 Å². The fourth-order valence-corrected chi connectivity index (χ4v) is 4.13. The second kappa shape index (κ2) is 8.34. The second-order valence-corrected chi connectivity index (χ2v) is 8.31. The monoisotopic (exact) mass is 403 g/mol. The molecule has 5 nitrogen and oxygen atoms in total. The molecule has 1 N–H and O–H groups in total. The van der Waals surface area contributed by atoms with E-state index in [4.69, 9.17) is 0 Å². The fourth-order valence-electron chi connectivity index (χ4n) is 4.13. The third kappa shape index (κ3) is 3.84. The van der Waals surface area contributed by atoms with E-state index in [2.05, 4.69) is 29.3 Å². The van der Waals surface area contributed by atoms with Gasteiger partial charge in [0.05, 0.1) is 5.57 Å². The molecule has 0 unspecified atom stereocenters. The van der Waals surface area contributed by atoms with Gasteiger partial charge in [-0.3, -0.25) is 14.5 Å². The summed E-state index contributed by atoms with van der Waals surface area (Å²) >= 11 is 0. The Hall–Kier alpha value is -3.08. The number of piperidine rings is 1. The molecule has 156 valence electrons. The van der Waals surface area contributed by atoms with Crippen LogP contribution in [-0.2, 0) is 9.59 Å². The number of nitrogens with zero attached hydrogens (tertiary/aromatic N) is 2. The first-order valence-electron chi connectivity index (χ1n) is 10.8. The van der Waals surface area contributed by atoms with Crippen LogP contribution in [0.1, 0.15) is 37.8 Å². The molecule has 0 bridgehead atoms. The summed E-state index contributed by atoms with van der Waals surface area (Å²) in [6, 6.07) is 15.9. The summed E-state index contributed by atoms with van der Waals surface area (Å²) in [5, 5.41) is 3.23. The fraction of sp³-hybridized carbons (Fsp3) is 0.360. The molecular formula is C25H29N3O2. The Labute approximate surface area is 178 Å². The van der Waals surface area contributed by atoms with Crippen LogP contribution >= 0.6 is 0 Å². The van der Waals surface area contributed by atoms with E-state index in [1.807, 2.05) is 50.2 Å². The van der Waals surface area contributed by atoms with Gasteiger partial charge in [-0.2, -0.15) is 0 Å². The molecular weight excluding hydrogens is 374 g/mol. The molecule has 0 atom stereocenters. The summed E-state index contributed by atoms with van der Waals surface area (Å²) in [5.41, 5.74) is 4.67. The molecule has 0 aliphatic carbocycles. The lowest BCUT2D eigenvalue weighted by Gasteiger charge is -2.32. The maximum Gasteiger partial charge on any atom is 0.278 e. The van der Waals surface area contributed by atoms with Crippen molar-refractivity contribution in [1.29, 1.82) is 0 Å². The first-order chi connectivity index (χ1) is 14.5. The lowest BCUT2D eigenvalue weighted by atomic mass is 9.99. The van der Waals surface area contributed by atoms with E-state index in [-0.39, 0.29) is 11.8 Å². The zero-order chi connectivity index (χ0) is 21.3. The van der Waals surface area contributed by atoms with Gasteiger partial charge in [-0.1, -0.05) is 36.8 Å². The van der Waals surface area contributed by atoms with Crippen LogP contribution in [0, 0.1) is 12.8 Å². The van der Waals surface area contributed by atoms with Gasteiger partial charge in [0.2, 0.25) is 0 Å². The molecule has 2 aliphatic heterocycles. The molecule has 0 spiro atoms. The Bertz CT molecular complexity index is 968. The van der Waals surface area contributed by atoms with Crippen molar-refractivity contribution in [2.45, 2.75) is 33.6 Å². The number of nitrogens with one attached hydrogen (secondary N) is 1. The maximum atomic E-state index is 12.9. The number of rotatable bonds is 5. The topological polar surface area (TPSA) is 52.7 Å². The highest BCUT2D eigenvalue weighted by Crippen LogP contribution is 2.31. The van der Waals surface area contributed by atoms with E-state index < -0.39 is 0 Å². The van der Waals surface area contributed by atoms with Crippen molar-refractivity contribution >= 4 is 28.8 Å². The molecule has 1 fully saturated rings. The summed E-state index contributed by atoms with van der Waals surface area (Å²) in [4.78, 5) is 29.5. The zero-order valence-corrected chi connectivity index (χ0v) is 17.9. The Morgan fingerprint density at radius 1 is 0.933 bits per heavy atom. The highest BCUT2D eigenvalue weighted by atomic mass is 16.2. The van der Waals surface area contributed by atoms with Gasteiger partial charge in [0, 0.05) is 31.0 Å². The van der Waals surface area contributed by atoms with Crippen molar-refractivity contribution in [3.8, 4) is 0 Å². The van der Waals surface area contributed by atoms with E-state index in [0.29, 0.717) is 17.8 Å². The molecule has 2 aromatic rings. The van der Waals surface area contributed by atoms with Gasteiger partial charge >= 0.3 is 0 Å². The SMILES string of the molecule is CCN1C(=O)C(Nc2ccc(N3CCC(C)CC3)cc2)=C(c2ccc(C)cc2)C1=O. The molecule has 4 rings (SSSR count). The average molecular weight is 404 g/mol. The van der Waals surface area contributed by atoms with Gasteiger partial charge in [-0.25, -0.2) is 0 Å². The standard InChI is InChI=1S/C25H29N3O2/c1-4-28-24(29)22(19-7-5-17(2)6-8-19)23(25(28)30)26-20-9-11-21(12-10-20)27-15-13-18(3)14-16-27/h5-12,18,26H,4,13-16H2,1-3H3. The predicted octanol–water partition coefficient (Wildman–Crippen LogP) is 4.44. The number of carbonyl (C=O) groups is 2. The zero-order valence-electron chi connectivity index (χ0n) is 17.9. The minimum atomic E-state index is -0.271. The maximum absolute atomic E-state index is 12.9. The van der Waals surface area contributed by atoms with Crippen molar-refractivity contribution in [2.75, 3.05) is 29.9 Å². The lowest BCUT2D eigenvalue weighted by Crippen LogP contribution is -2.32. The van der Waals surface area contributed by atoms with E-state index >= 15 is 0 Å². The van der Waals surface area contributed by atoms with E-state index in [9.17, 15) is 9.59 Å². The van der Waals surface area contributed by atoms with Crippen molar-refractivity contribution in [1.82, 2.24) is 4.90 Å². The summed E-state index contributed by atoms with van der Waals surface area (Å²) in [5.74, 6) is 0.279. The molecule has 30 heavy (non-hydrogen) atoms. The van der Waals surface area contributed by atoms with Crippen LogP contribution in [0.15, 0.2) is 54.2 Å². The number of anilines is 2. The summed E-state index contributed by atoms with van der Waals surface area (Å²) in [7, 11) is 0. The Morgan fingerprint density at radius 3 is 2.17 bits per heavy atom. The quantitative estimate of drug-likeness (QED) is 0.750. The van der Waals surface area contributed by atoms with Crippen LogP contribution in [0.3, 0.4) is 0 Å². The third-order valence-corrected chi connectivity index (χ3v) is 6.11. The van der Waals surface area contributed by atoms with Crippen LogP contribution in [0.5, 0.6) is 0 Å². The highest BCUT2D eigenvalue weighted by Gasteiger charge is 2.38. The van der Waals surface area contributed by atoms with Gasteiger partial charge in [0.1, 0.15) is 5.70 Å². The Balaban J connectivity index is 1.61. The molecule has 2 aromatic carbocycles. The van der Waals surface area contributed by atoms with Gasteiger partial charge in [0.15, 0.2) is 0 Å². The molecule has 0 saturated carbocycles. The van der Waals surface area contributed by atoms with Crippen molar-refractivity contribution in [3.05, 3.63) is 65.4 Å². The van der Waals surface area contributed by atoms with Crippen LogP contribution in [0.4, 0.5) is 11.4 Å². The summed E-state index contributed by atoms with van der Waals surface area (Å²) < 4.78 is 0. The van der Waals surface area contributed by atoms with Crippen LogP contribution in [-0.4, -0.2) is 36.3 Å². The molecule has 2 aliphatic rings. The number of aryl methyl sites for hydroxylation is 1. The molecule has 2 amide bonds. The highest BCUT2D eigenvalue weighted by molar-refractivity contribution is 6.36. The minimum absolute atomic E-state index is 0.243. The largest absolute Gasteiger partial charge is 0.372 e. The van der Waals surface area contributed by atoms with E-state index in [1.165, 1.54) is 23.4 Å². The number of imide groups is 1. The molecule has 0 radical (unpaired) electrons. The Kier molecular flexibility index (Phi) is 5.62. The molecule has 5 heteroatoms. The predicted molar refractivity (Wildman–Crippen MR) is 121 cm³/mol. The van der Waals surface area contributed by atoms with Crippen molar-refractivity contribution < 1.29 is 9.59 Å². The molecule has 1 saturated heterocycles. The number of hydrogen-bond donors (Lipinski definition) is 1. The third-order valence-electron chi connectivity index (χ3n) is 6.11. The van der Waals surface area contributed by atoms with Gasteiger partial charge in [-0.05, 0) is 62.4 Å². The number of carbonyl (C=O) groups excluding carboxylic acids is 2. The lowest BCUT2D eigenvalue weighted by molar-refractivity contribution is -0.136. The van der Waals surface area contributed by atoms with E-state index in [0.717, 1.165) is 35.8 Å². The first kappa shape index (κ1) is 20.2. The molecule has 2 heterocycles. The second-order valence-electron chi connectivity index (χ2n) is 8.31. The van der Waals surface area contributed by atoms with Crippen molar-refractivity contribution in [2.24, 2.45) is 5.92 Å². The summed E-state index contributed by atoms with van der Waals surface area (Å²) in [6.45, 7) is 8.64. The first-order valence-corrected chi connectivity index (χ1v) is 10.8.